The topological polar surface area (TPSA) is 51.0 Å². The third kappa shape index (κ3) is 5.61. The number of ether oxygens (including phenoxy) is 2. The van der Waals surface area contributed by atoms with Crippen LogP contribution in [0, 0.1) is 0 Å². The number of hydrogen-bond donors (Lipinski definition) is 1. The average Bonchev–Trinajstić information content (AvgIpc) is 2.43. The molecule has 0 aromatic heterocycles. The van der Waals surface area contributed by atoms with Gasteiger partial charge in [0.15, 0.2) is 0 Å². The van der Waals surface area contributed by atoms with Crippen molar-refractivity contribution in [2.45, 2.75) is 25.8 Å². The maximum Gasteiger partial charge on any atom is 0.0928 e. The SMILES string of the molecule is COCCCOCCN1CCN(C(C)(C)C(N)=S)CC1. The van der Waals surface area contributed by atoms with Crippen LogP contribution in [0.15, 0.2) is 0 Å². The molecule has 1 saturated heterocycles. The van der Waals surface area contributed by atoms with Crippen LogP contribution in [0.1, 0.15) is 20.3 Å². The molecule has 1 heterocycles. The van der Waals surface area contributed by atoms with Gasteiger partial charge in [-0.3, -0.25) is 9.80 Å². The van der Waals surface area contributed by atoms with Crippen molar-refractivity contribution in [3.63, 3.8) is 0 Å². The van der Waals surface area contributed by atoms with E-state index in [0.717, 1.165) is 59.0 Å². The highest BCUT2D eigenvalue weighted by atomic mass is 32.1. The normalized spacial score (nSPS) is 18.4. The highest BCUT2D eigenvalue weighted by molar-refractivity contribution is 7.80. The molecule has 6 heteroatoms. The molecule has 1 rings (SSSR count). The van der Waals surface area contributed by atoms with Crippen LogP contribution in [0.2, 0.25) is 0 Å². The van der Waals surface area contributed by atoms with E-state index in [0.29, 0.717) is 4.99 Å². The second kappa shape index (κ2) is 8.89. The molecule has 0 bridgehead atoms. The Morgan fingerprint density at radius 2 is 1.80 bits per heavy atom. The third-order valence-corrected chi connectivity index (χ3v) is 4.45. The van der Waals surface area contributed by atoms with Gasteiger partial charge in [0.25, 0.3) is 0 Å². The van der Waals surface area contributed by atoms with Crippen molar-refractivity contribution < 1.29 is 9.47 Å². The van der Waals surface area contributed by atoms with Crippen molar-refractivity contribution in [1.82, 2.24) is 9.80 Å². The molecule has 20 heavy (non-hydrogen) atoms. The van der Waals surface area contributed by atoms with Crippen molar-refractivity contribution in [3.8, 4) is 0 Å². The summed E-state index contributed by atoms with van der Waals surface area (Å²) in [7, 11) is 1.72. The molecule has 0 aromatic carbocycles. The highest BCUT2D eigenvalue weighted by Crippen LogP contribution is 2.17. The molecule has 0 radical (unpaired) electrons. The quantitative estimate of drug-likeness (QED) is 0.500. The van der Waals surface area contributed by atoms with Gasteiger partial charge in [0, 0.05) is 53.0 Å². The minimum absolute atomic E-state index is 0.182. The third-order valence-electron chi connectivity index (χ3n) is 3.95. The molecule has 0 aromatic rings. The number of hydrogen-bond acceptors (Lipinski definition) is 5. The van der Waals surface area contributed by atoms with Crippen LogP contribution in [0.3, 0.4) is 0 Å². The van der Waals surface area contributed by atoms with Crippen molar-refractivity contribution in [1.29, 1.82) is 0 Å². The first kappa shape index (κ1) is 17.8. The zero-order valence-corrected chi connectivity index (χ0v) is 13.9. The van der Waals surface area contributed by atoms with Gasteiger partial charge in [-0.1, -0.05) is 12.2 Å². The smallest absolute Gasteiger partial charge is 0.0928 e. The van der Waals surface area contributed by atoms with Crippen LogP contribution in [0.4, 0.5) is 0 Å². The maximum atomic E-state index is 5.82. The van der Waals surface area contributed by atoms with E-state index in [4.69, 9.17) is 27.4 Å². The minimum Gasteiger partial charge on any atom is -0.392 e. The molecular formula is C14H29N3O2S. The Morgan fingerprint density at radius 3 is 2.35 bits per heavy atom. The zero-order valence-electron chi connectivity index (χ0n) is 13.1. The molecule has 5 nitrogen and oxygen atoms in total. The summed E-state index contributed by atoms with van der Waals surface area (Å²) in [5.74, 6) is 0. The lowest BCUT2D eigenvalue weighted by molar-refractivity contribution is 0.0501. The standard InChI is InChI=1S/C14H29N3O2S/c1-14(2,13(15)20)17-7-5-16(6-8-17)9-12-19-11-4-10-18-3/h4-12H2,1-3H3,(H2,15,20). The maximum absolute atomic E-state index is 5.82. The summed E-state index contributed by atoms with van der Waals surface area (Å²) in [6.07, 6.45) is 0.965. The number of piperazine rings is 1. The zero-order chi connectivity index (χ0) is 15.0. The molecule has 118 valence electrons. The fraction of sp³-hybridized carbons (Fsp3) is 0.929. The Balaban J connectivity index is 2.15. The van der Waals surface area contributed by atoms with Crippen LogP contribution >= 0.6 is 12.2 Å². The van der Waals surface area contributed by atoms with E-state index in [1.807, 2.05) is 0 Å². The lowest BCUT2D eigenvalue weighted by Gasteiger charge is -2.43. The summed E-state index contributed by atoms with van der Waals surface area (Å²) in [6, 6.07) is 0. The Labute approximate surface area is 128 Å². The first-order valence-corrected chi connectivity index (χ1v) is 7.73. The fourth-order valence-electron chi connectivity index (χ4n) is 2.29. The monoisotopic (exact) mass is 303 g/mol. The number of thiocarbonyl (C=S) groups is 1. The molecule has 1 fully saturated rings. The van der Waals surface area contributed by atoms with Crippen molar-refractivity contribution >= 4 is 17.2 Å². The predicted molar refractivity (Wildman–Crippen MR) is 86.2 cm³/mol. The Kier molecular flexibility index (Phi) is 7.91. The van der Waals surface area contributed by atoms with Gasteiger partial charge in [-0.05, 0) is 20.3 Å². The fourth-order valence-corrected chi connectivity index (χ4v) is 2.42. The minimum atomic E-state index is -0.182. The summed E-state index contributed by atoms with van der Waals surface area (Å²) in [4.78, 5) is 5.38. The van der Waals surface area contributed by atoms with Crippen molar-refractivity contribution in [2.24, 2.45) is 5.73 Å². The molecule has 0 spiro atoms. The molecule has 0 saturated carbocycles. The predicted octanol–water partition coefficient (Wildman–Crippen LogP) is 0.722. The van der Waals surface area contributed by atoms with E-state index < -0.39 is 0 Å². The lowest BCUT2D eigenvalue weighted by Crippen LogP contribution is -2.59. The van der Waals surface area contributed by atoms with E-state index >= 15 is 0 Å². The number of nitrogens with zero attached hydrogens (tertiary/aromatic N) is 2. The van der Waals surface area contributed by atoms with Gasteiger partial charge in [0.05, 0.1) is 17.1 Å². The van der Waals surface area contributed by atoms with Gasteiger partial charge in [-0.25, -0.2) is 0 Å². The number of nitrogens with two attached hydrogens (primary N) is 1. The molecule has 0 aliphatic carbocycles. The van der Waals surface area contributed by atoms with Crippen LogP contribution in [-0.2, 0) is 9.47 Å². The average molecular weight is 303 g/mol. The molecule has 0 amide bonds. The molecule has 1 aliphatic rings. The molecule has 0 atom stereocenters. The van der Waals surface area contributed by atoms with Crippen LogP contribution in [0.5, 0.6) is 0 Å². The van der Waals surface area contributed by atoms with Gasteiger partial charge >= 0.3 is 0 Å². The Hall–Kier alpha value is -0.270. The lowest BCUT2D eigenvalue weighted by atomic mass is 10.0. The van der Waals surface area contributed by atoms with Crippen molar-refractivity contribution in [3.05, 3.63) is 0 Å². The summed E-state index contributed by atoms with van der Waals surface area (Å²) >= 11 is 5.15. The second-order valence-electron chi connectivity index (χ2n) is 5.71. The summed E-state index contributed by atoms with van der Waals surface area (Å²) in [5.41, 5.74) is 5.64. The largest absolute Gasteiger partial charge is 0.392 e. The van der Waals surface area contributed by atoms with Crippen LogP contribution in [0.25, 0.3) is 0 Å². The Bertz CT molecular complexity index is 292. The second-order valence-corrected chi connectivity index (χ2v) is 6.15. The molecule has 0 unspecified atom stereocenters. The van der Waals surface area contributed by atoms with Crippen molar-refractivity contribution in [2.75, 3.05) is 59.7 Å². The van der Waals surface area contributed by atoms with E-state index in [2.05, 4.69) is 23.6 Å². The Morgan fingerprint density at radius 1 is 1.15 bits per heavy atom. The van der Waals surface area contributed by atoms with Gasteiger partial charge < -0.3 is 15.2 Å². The van der Waals surface area contributed by atoms with Gasteiger partial charge in [-0.15, -0.1) is 0 Å². The van der Waals surface area contributed by atoms with E-state index in [1.54, 1.807) is 7.11 Å². The summed E-state index contributed by atoms with van der Waals surface area (Å²) in [6.45, 7) is 11.7. The van der Waals surface area contributed by atoms with E-state index in [-0.39, 0.29) is 5.54 Å². The summed E-state index contributed by atoms with van der Waals surface area (Å²) < 4.78 is 10.6. The molecule has 2 N–H and O–H groups in total. The van der Waals surface area contributed by atoms with E-state index in [1.165, 1.54) is 0 Å². The van der Waals surface area contributed by atoms with Gasteiger partial charge in [0.1, 0.15) is 0 Å². The first-order chi connectivity index (χ1) is 9.48. The van der Waals surface area contributed by atoms with Crippen LogP contribution < -0.4 is 5.73 Å². The summed E-state index contributed by atoms with van der Waals surface area (Å²) in [5, 5.41) is 0. The first-order valence-electron chi connectivity index (χ1n) is 7.32. The van der Waals surface area contributed by atoms with Gasteiger partial charge in [-0.2, -0.15) is 0 Å². The molecule has 1 aliphatic heterocycles. The number of rotatable bonds is 9. The number of methoxy groups -OCH3 is 1. The van der Waals surface area contributed by atoms with E-state index in [9.17, 15) is 0 Å². The van der Waals surface area contributed by atoms with Gasteiger partial charge in [0.2, 0.25) is 0 Å². The molecular weight excluding hydrogens is 274 g/mol. The highest BCUT2D eigenvalue weighted by Gasteiger charge is 2.31. The van der Waals surface area contributed by atoms with Crippen LogP contribution in [-0.4, -0.2) is 80.0 Å².